The number of aromatic nitrogens is 2. The Morgan fingerprint density at radius 3 is 2.76 bits per heavy atom. The summed E-state index contributed by atoms with van der Waals surface area (Å²) in [6.45, 7) is 1.84. The van der Waals surface area contributed by atoms with E-state index in [9.17, 15) is 14.0 Å². The molecule has 1 aromatic carbocycles. The fourth-order valence-electron chi connectivity index (χ4n) is 2.63. The maximum absolute atomic E-state index is 13.9. The van der Waals surface area contributed by atoms with Crippen LogP contribution in [0.5, 0.6) is 0 Å². The van der Waals surface area contributed by atoms with Gasteiger partial charge in [0.2, 0.25) is 5.78 Å². The molecule has 7 heteroatoms. The highest BCUT2D eigenvalue weighted by Crippen LogP contribution is 2.29. The van der Waals surface area contributed by atoms with Crippen LogP contribution in [0.2, 0.25) is 5.02 Å². The minimum atomic E-state index is -0.632. The van der Waals surface area contributed by atoms with E-state index in [4.69, 9.17) is 11.6 Å². The van der Waals surface area contributed by atoms with Crippen LogP contribution in [0, 0.1) is 12.7 Å². The second kappa shape index (κ2) is 6.64. The Balaban J connectivity index is 2.20. The molecule has 0 aliphatic rings. The Kier molecular flexibility index (Phi) is 4.55. The number of nitrogens with one attached hydrogen (secondary N) is 1. The van der Waals surface area contributed by atoms with E-state index in [1.807, 2.05) is 6.92 Å². The van der Waals surface area contributed by atoms with Crippen molar-refractivity contribution in [3.05, 3.63) is 63.8 Å². The lowest BCUT2D eigenvalue weighted by Gasteiger charge is -2.04. The number of ketones is 1. The highest BCUT2D eigenvalue weighted by molar-refractivity contribution is 6.31. The van der Waals surface area contributed by atoms with Crippen LogP contribution in [0.3, 0.4) is 0 Å². The molecule has 128 valence electrons. The van der Waals surface area contributed by atoms with Crippen LogP contribution in [0.1, 0.15) is 27.3 Å². The molecule has 2 heterocycles. The summed E-state index contributed by atoms with van der Waals surface area (Å²) in [6.07, 6.45) is 1.35. The second-order valence-corrected chi connectivity index (χ2v) is 6.00. The number of aromatic amines is 1. The molecule has 0 radical (unpaired) electrons. The summed E-state index contributed by atoms with van der Waals surface area (Å²) in [4.78, 5) is 31.6. The van der Waals surface area contributed by atoms with Crippen molar-refractivity contribution in [1.29, 1.82) is 0 Å². The highest BCUT2D eigenvalue weighted by atomic mass is 35.5. The van der Waals surface area contributed by atoms with Gasteiger partial charge in [-0.25, -0.2) is 4.39 Å². The fraction of sp³-hybridized carbons (Fsp3) is 0.167. The second-order valence-electron chi connectivity index (χ2n) is 5.59. The van der Waals surface area contributed by atoms with E-state index >= 15 is 0 Å². The number of benzene rings is 1. The Hall–Kier alpha value is -2.73. The summed E-state index contributed by atoms with van der Waals surface area (Å²) < 4.78 is 18.6. The van der Waals surface area contributed by atoms with Gasteiger partial charge < -0.3 is 9.72 Å². The van der Waals surface area contributed by atoms with Crippen molar-refractivity contribution >= 4 is 34.3 Å². The molecule has 0 aliphatic heterocycles. The largest absolute Gasteiger partial charge is 0.469 e. The minimum Gasteiger partial charge on any atom is -0.469 e. The molecule has 0 bridgehead atoms. The zero-order valence-electron chi connectivity index (χ0n) is 13.5. The van der Waals surface area contributed by atoms with E-state index in [2.05, 4.69) is 14.7 Å². The van der Waals surface area contributed by atoms with Gasteiger partial charge in [-0.15, -0.1) is 0 Å². The summed E-state index contributed by atoms with van der Waals surface area (Å²) >= 11 is 5.82. The standard InChI is InChI=1S/C18H14ClFN2O3/c1-9-3-4-21-15(5-9)18(24)17-11(7-16(23)25-2)10-6-13(20)12(19)8-14(10)22-17/h3-6,8,22H,7H2,1-2H3. The molecular formula is C18H14ClFN2O3. The third-order valence-corrected chi connectivity index (χ3v) is 4.16. The van der Waals surface area contributed by atoms with E-state index in [1.165, 1.54) is 25.4 Å². The first-order valence-corrected chi connectivity index (χ1v) is 7.82. The lowest BCUT2D eigenvalue weighted by molar-refractivity contribution is -0.139. The van der Waals surface area contributed by atoms with Gasteiger partial charge in [0.05, 0.1) is 24.2 Å². The molecule has 1 N–H and O–H groups in total. The number of methoxy groups -OCH3 is 1. The quantitative estimate of drug-likeness (QED) is 0.570. The van der Waals surface area contributed by atoms with Crippen LogP contribution in [-0.2, 0) is 16.0 Å². The Labute approximate surface area is 147 Å². The number of fused-ring (bicyclic) bond motifs is 1. The zero-order chi connectivity index (χ0) is 18.1. The Morgan fingerprint density at radius 1 is 1.32 bits per heavy atom. The topological polar surface area (TPSA) is 72.1 Å². The van der Waals surface area contributed by atoms with Gasteiger partial charge in [0, 0.05) is 22.7 Å². The molecule has 25 heavy (non-hydrogen) atoms. The van der Waals surface area contributed by atoms with Crippen LogP contribution < -0.4 is 0 Å². The lowest BCUT2D eigenvalue weighted by atomic mass is 10.0. The molecule has 0 saturated heterocycles. The Bertz CT molecular complexity index is 997. The van der Waals surface area contributed by atoms with Crippen LogP contribution in [0.25, 0.3) is 10.9 Å². The van der Waals surface area contributed by atoms with Gasteiger partial charge in [-0.2, -0.15) is 0 Å². The number of aryl methyl sites for hydroxylation is 1. The number of halogens is 2. The number of nitrogens with zero attached hydrogens (tertiary/aromatic N) is 1. The first-order valence-electron chi connectivity index (χ1n) is 7.44. The molecule has 0 atom stereocenters. The van der Waals surface area contributed by atoms with E-state index in [-0.39, 0.29) is 22.8 Å². The van der Waals surface area contributed by atoms with E-state index in [0.29, 0.717) is 16.5 Å². The van der Waals surface area contributed by atoms with Crippen molar-refractivity contribution in [2.45, 2.75) is 13.3 Å². The first kappa shape index (κ1) is 17.1. The van der Waals surface area contributed by atoms with Gasteiger partial charge in [-0.1, -0.05) is 11.6 Å². The van der Waals surface area contributed by atoms with Crippen LogP contribution in [0.4, 0.5) is 4.39 Å². The average Bonchev–Trinajstić information content (AvgIpc) is 2.92. The predicted octanol–water partition coefficient (Wildman–Crippen LogP) is 3.61. The number of ether oxygens (including phenoxy) is 1. The Morgan fingerprint density at radius 2 is 2.08 bits per heavy atom. The maximum atomic E-state index is 13.9. The highest BCUT2D eigenvalue weighted by Gasteiger charge is 2.23. The van der Waals surface area contributed by atoms with Gasteiger partial charge in [0.15, 0.2) is 0 Å². The van der Waals surface area contributed by atoms with Gasteiger partial charge in [0.1, 0.15) is 11.5 Å². The van der Waals surface area contributed by atoms with E-state index in [1.54, 1.807) is 12.1 Å². The molecule has 0 unspecified atom stereocenters. The number of hydrogen-bond donors (Lipinski definition) is 1. The molecule has 0 saturated carbocycles. The third kappa shape index (κ3) is 3.25. The zero-order valence-corrected chi connectivity index (χ0v) is 14.3. The number of pyridine rings is 1. The summed E-state index contributed by atoms with van der Waals surface area (Å²) in [6, 6.07) is 6.00. The average molecular weight is 361 g/mol. The maximum Gasteiger partial charge on any atom is 0.310 e. The van der Waals surface area contributed by atoms with Crippen molar-refractivity contribution in [3.8, 4) is 0 Å². The van der Waals surface area contributed by atoms with Crippen LogP contribution in [0.15, 0.2) is 30.5 Å². The molecule has 0 amide bonds. The first-order chi connectivity index (χ1) is 11.9. The van der Waals surface area contributed by atoms with E-state index in [0.717, 1.165) is 5.56 Å². The summed E-state index contributed by atoms with van der Waals surface area (Å²) in [7, 11) is 1.25. The van der Waals surface area contributed by atoms with Gasteiger partial charge in [0.25, 0.3) is 0 Å². The smallest absolute Gasteiger partial charge is 0.310 e. The SMILES string of the molecule is COC(=O)Cc1c(C(=O)c2cc(C)ccn2)[nH]c2cc(Cl)c(F)cc12. The molecular weight excluding hydrogens is 347 g/mol. The summed E-state index contributed by atoms with van der Waals surface area (Å²) in [5.74, 6) is -1.56. The van der Waals surface area contributed by atoms with Crippen molar-refractivity contribution in [2.75, 3.05) is 7.11 Å². The summed E-state index contributed by atoms with van der Waals surface area (Å²) in [5, 5.41) is 0.328. The van der Waals surface area contributed by atoms with E-state index < -0.39 is 17.6 Å². The molecule has 3 rings (SSSR count). The van der Waals surface area contributed by atoms with Gasteiger partial charge in [-0.3, -0.25) is 14.6 Å². The van der Waals surface area contributed by atoms with Gasteiger partial charge in [-0.05, 0) is 36.8 Å². The number of rotatable bonds is 4. The summed E-state index contributed by atoms with van der Waals surface area (Å²) in [5.41, 5.74) is 2.08. The number of hydrogen-bond acceptors (Lipinski definition) is 4. The number of H-pyrrole nitrogens is 1. The van der Waals surface area contributed by atoms with Crippen LogP contribution >= 0.6 is 11.6 Å². The number of esters is 1. The minimum absolute atomic E-state index is 0.0777. The molecule has 5 nitrogen and oxygen atoms in total. The molecule has 0 aliphatic carbocycles. The molecule has 0 fully saturated rings. The monoisotopic (exact) mass is 360 g/mol. The van der Waals surface area contributed by atoms with Gasteiger partial charge >= 0.3 is 5.97 Å². The van der Waals surface area contributed by atoms with Crippen molar-refractivity contribution < 1.29 is 18.7 Å². The van der Waals surface area contributed by atoms with Crippen LogP contribution in [-0.4, -0.2) is 28.8 Å². The third-order valence-electron chi connectivity index (χ3n) is 3.87. The molecule has 0 spiro atoms. The predicted molar refractivity (Wildman–Crippen MR) is 91.4 cm³/mol. The van der Waals surface area contributed by atoms with Crippen molar-refractivity contribution in [3.63, 3.8) is 0 Å². The fourth-order valence-corrected chi connectivity index (χ4v) is 2.79. The number of carbonyl (C=O) groups is 2. The molecule has 3 aromatic rings. The lowest BCUT2D eigenvalue weighted by Crippen LogP contribution is -2.11. The van der Waals surface area contributed by atoms with Crippen molar-refractivity contribution in [2.24, 2.45) is 0 Å². The normalized spacial score (nSPS) is 10.9. The number of carbonyl (C=O) groups excluding carboxylic acids is 2. The molecule has 2 aromatic heterocycles. The van der Waals surface area contributed by atoms with Crippen molar-refractivity contribution in [1.82, 2.24) is 9.97 Å².